The minimum atomic E-state index is -0.357. The third kappa shape index (κ3) is 4.09. The highest BCUT2D eigenvalue weighted by atomic mass is 79.9. The average Bonchev–Trinajstić information content (AvgIpc) is 2.21. The minimum Gasteiger partial charge on any atom is -0.310 e. The van der Waals surface area contributed by atoms with E-state index in [1.54, 1.807) is 6.07 Å². The Balaban J connectivity index is 2.54. The first-order valence-corrected chi connectivity index (χ1v) is 6.37. The lowest BCUT2D eigenvalue weighted by molar-refractivity contribution is 0.536. The van der Waals surface area contributed by atoms with Crippen LogP contribution in [0.1, 0.15) is 18.9 Å². The van der Waals surface area contributed by atoms with E-state index < -0.39 is 0 Å². The summed E-state index contributed by atoms with van der Waals surface area (Å²) in [5, 5.41) is 4.46. The molecule has 1 N–H and O–H groups in total. The van der Waals surface area contributed by atoms with Gasteiger partial charge in [-0.2, -0.15) is 0 Å². The van der Waals surface area contributed by atoms with E-state index in [4.69, 9.17) is 11.6 Å². The van der Waals surface area contributed by atoms with Crippen molar-refractivity contribution in [3.8, 4) is 0 Å². The highest BCUT2D eigenvalue weighted by Gasteiger charge is 2.06. The van der Waals surface area contributed by atoms with E-state index in [9.17, 15) is 4.39 Å². The molecule has 0 aliphatic heterocycles. The van der Waals surface area contributed by atoms with Gasteiger partial charge in [-0.1, -0.05) is 39.7 Å². The number of rotatable bonds is 5. The molecule has 1 aromatic rings. The molecule has 0 bridgehead atoms. The molecular weight excluding hydrogens is 280 g/mol. The van der Waals surface area contributed by atoms with Crippen molar-refractivity contribution in [1.82, 2.24) is 5.32 Å². The average molecular weight is 295 g/mol. The Morgan fingerprint density at radius 2 is 2.27 bits per heavy atom. The van der Waals surface area contributed by atoms with E-state index in [2.05, 4.69) is 28.2 Å². The minimum absolute atomic E-state index is 0.219. The lowest BCUT2D eigenvalue weighted by atomic mass is 10.2. The highest BCUT2D eigenvalue weighted by Crippen LogP contribution is 2.19. The van der Waals surface area contributed by atoms with Crippen LogP contribution in [0.25, 0.3) is 0 Å². The van der Waals surface area contributed by atoms with E-state index in [0.29, 0.717) is 12.6 Å². The van der Waals surface area contributed by atoms with Gasteiger partial charge in [-0.15, -0.1) is 0 Å². The Morgan fingerprint density at radius 3 is 2.93 bits per heavy atom. The van der Waals surface area contributed by atoms with E-state index in [1.165, 1.54) is 6.07 Å². The third-order valence-electron chi connectivity index (χ3n) is 2.21. The Morgan fingerprint density at radius 1 is 1.53 bits per heavy atom. The van der Waals surface area contributed by atoms with Crippen LogP contribution in [0.3, 0.4) is 0 Å². The van der Waals surface area contributed by atoms with Gasteiger partial charge in [-0.3, -0.25) is 0 Å². The van der Waals surface area contributed by atoms with Crippen molar-refractivity contribution in [3.05, 3.63) is 34.6 Å². The summed E-state index contributed by atoms with van der Waals surface area (Å²) in [6.07, 6.45) is 1.03. The smallest absolute Gasteiger partial charge is 0.142 e. The van der Waals surface area contributed by atoms with Crippen LogP contribution in [-0.4, -0.2) is 11.4 Å². The second-order valence-corrected chi connectivity index (χ2v) is 4.64. The van der Waals surface area contributed by atoms with E-state index in [1.807, 2.05) is 6.07 Å². The number of halogens is 3. The van der Waals surface area contributed by atoms with E-state index in [0.717, 1.165) is 17.3 Å². The highest BCUT2D eigenvalue weighted by molar-refractivity contribution is 9.09. The molecule has 0 heterocycles. The molecule has 0 saturated carbocycles. The van der Waals surface area contributed by atoms with Crippen molar-refractivity contribution in [3.63, 3.8) is 0 Å². The number of benzene rings is 1. The van der Waals surface area contributed by atoms with Gasteiger partial charge >= 0.3 is 0 Å². The van der Waals surface area contributed by atoms with Gasteiger partial charge in [0, 0.05) is 17.9 Å². The molecule has 0 radical (unpaired) electrons. The van der Waals surface area contributed by atoms with Gasteiger partial charge in [0.25, 0.3) is 0 Å². The van der Waals surface area contributed by atoms with Crippen LogP contribution in [0.4, 0.5) is 4.39 Å². The normalized spacial score (nSPS) is 12.8. The quantitative estimate of drug-likeness (QED) is 0.816. The number of alkyl halides is 1. The maximum Gasteiger partial charge on any atom is 0.142 e. The lowest BCUT2D eigenvalue weighted by Gasteiger charge is -2.13. The number of hydrogen-bond donors (Lipinski definition) is 1. The molecule has 1 atom stereocenters. The molecule has 0 amide bonds. The van der Waals surface area contributed by atoms with Gasteiger partial charge in [-0.05, 0) is 25.0 Å². The van der Waals surface area contributed by atoms with Gasteiger partial charge in [-0.25, -0.2) is 4.39 Å². The van der Waals surface area contributed by atoms with Crippen molar-refractivity contribution < 1.29 is 4.39 Å². The van der Waals surface area contributed by atoms with E-state index >= 15 is 0 Å². The number of hydrogen-bond acceptors (Lipinski definition) is 1. The molecule has 0 aliphatic rings. The summed E-state index contributed by atoms with van der Waals surface area (Å²) >= 11 is 9.21. The van der Waals surface area contributed by atoms with Crippen LogP contribution >= 0.6 is 27.5 Å². The van der Waals surface area contributed by atoms with Gasteiger partial charge in [0.05, 0.1) is 5.02 Å². The van der Waals surface area contributed by atoms with Crippen molar-refractivity contribution in [2.75, 3.05) is 5.33 Å². The predicted octanol–water partition coefficient (Wildman–Crippen LogP) is 3.74. The van der Waals surface area contributed by atoms with Gasteiger partial charge in [0.1, 0.15) is 5.82 Å². The van der Waals surface area contributed by atoms with E-state index in [-0.39, 0.29) is 10.8 Å². The predicted molar refractivity (Wildman–Crippen MR) is 66.1 cm³/mol. The summed E-state index contributed by atoms with van der Waals surface area (Å²) in [4.78, 5) is 0. The summed E-state index contributed by atoms with van der Waals surface area (Å²) in [6.45, 7) is 2.69. The third-order valence-corrected chi connectivity index (χ3v) is 3.10. The second kappa shape index (κ2) is 6.46. The second-order valence-electron chi connectivity index (χ2n) is 3.47. The molecule has 1 nitrogen and oxygen atoms in total. The van der Waals surface area contributed by atoms with Crippen molar-refractivity contribution in [2.45, 2.75) is 25.9 Å². The summed E-state index contributed by atoms with van der Waals surface area (Å²) < 4.78 is 13.1. The van der Waals surface area contributed by atoms with Crippen molar-refractivity contribution in [2.24, 2.45) is 0 Å². The van der Waals surface area contributed by atoms with Crippen LogP contribution in [0.2, 0.25) is 5.02 Å². The molecule has 84 valence electrons. The van der Waals surface area contributed by atoms with Crippen molar-refractivity contribution >= 4 is 27.5 Å². The molecule has 1 aromatic carbocycles. The van der Waals surface area contributed by atoms with Gasteiger partial charge in [0.2, 0.25) is 0 Å². The molecule has 0 saturated heterocycles. The topological polar surface area (TPSA) is 12.0 Å². The first-order valence-electron chi connectivity index (χ1n) is 4.87. The summed E-state index contributed by atoms with van der Waals surface area (Å²) in [5.41, 5.74) is 0.804. The molecule has 0 aliphatic carbocycles. The number of nitrogens with one attached hydrogen (secondary N) is 1. The molecule has 0 fully saturated rings. The first kappa shape index (κ1) is 12.9. The Labute approximate surface area is 103 Å². The SMILES string of the molecule is CC(CCBr)NCc1cccc(F)c1Cl. The maximum absolute atomic E-state index is 13.1. The molecular formula is C11H14BrClFN. The Hall–Kier alpha value is -0.120. The van der Waals surface area contributed by atoms with Gasteiger partial charge < -0.3 is 5.32 Å². The van der Waals surface area contributed by atoms with Crippen LogP contribution in [0.15, 0.2) is 18.2 Å². The summed E-state index contributed by atoms with van der Waals surface area (Å²) in [6, 6.07) is 5.27. The zero-order chi connectivity index (χ0) is 11.3. The summed E-state index contributed by atoms with van der Waals surface area (Å²) in [7, 11) is 0. The molecule has 0 spiro atoms. The van der Waals surface area contributed by atoms with Crippen molar-refractivity contribution in [1.29, 1.82) is 0 Å². The molecule has 1 rings (SSSR count). The molecule has 1 unspecified atom stereocenters. The molecule has 15 heavy (non-hydrogen) atoms. The fourth-order valence-electron chi connectivity index (χ4n) is 1.23. The fourth-order valence-corrected chi connectivity index (χ4v) is 2.11. The Kier molecular flexibility index (Phi) is 5.58. The maximum atomic E-state index is 13.1. The Bertz CT molecular complexity index is 319. The van der Waals surface area contributed by atoms with Gasteiger partial charge in [0.15, 0.2) is 0 Å². The zero-order valence-electron chi connectivity index (χ0n) is 8.56. The van der Waals surface area contributed by atoms with Crippen LogP contribution in [0.5, 0.6) is 0 Å². The fraction of sp³-hybridized carbons (Fsp3) is 0.455. The molecule has 4 heteroatoms. The largest absolute Gasteiger partial charge is 0.310 e. The lowest BCUT2D eigenvalue weighted by Crippen LogP contribution is -2.25. The van der Waals surface area contributed by atoms with Crippen LogP contribution in [0, 0.1) is 5.82 Å². The van der Waals surface area contributed by atoms with Crippen LogP contribution in [-0.2, 0) is 6.54 Å². The zero-order valence-corrected chi connectivity index (χ0v) is 10.9. The summed E-state index contributed by atoms with van der Waals surface area (Å²) in [5.74, 6) is -0.357. The van der Waals surface area contributed by atoms with Crippen LogP contribution < -0.4 is 5.32 Å². The monoisotopic (exact) mass is 293 g/mol. The molecule has 0 aromatic heterocycles. The standard InChI is InChI=1S/C11H14BrClFN/c1-8(5-6-12)15-7-9-3-2-4-10(14)11(9)13/h2-4,8,15H,5-7H2,1H3. The first-order chi connectivity index (χ1) is 7.15.